The molecule has 0 fully saturated rings. The van der Waals surface area contributed by atoms with E-state index in [-0.39, 0.29) is 17.5 Å². The first-order chi connectivity index (χ1) is 16.1. The molecule has 0 aliphatic heterocycles. The lowest BCUT2D eigenvalue weighted by Gasteiger charge is -2.12. The van der Waals surface area contributed by atoms with E-state index in [2.05, 4.69) is 10.6 Å². The van der Waals surface area contributed by atoms with Crippen LogP contribution in [-0.2, 0) is 11.2 Å². The maximum Gasteiger partial charge on any atom is 0.267 e. The van der Waals surface area contributed by atoms with Gasteiger partial charge in [-0.2, -0.15) is 0 Å². The number of carbonyl (C=O) groups is 2. The minimum absolute atomic E-state index is 0.202. The van der Waals surface area contributed by atoms with Gasteiger partial charge in [-0.05, 0) is 73.2 Å². The molecule has 0 aliphatic carbocycles. The zero-order valence-electron chi connectivity index (χ0n) is 18.8. The van der Waals surface area contributed by atoms with Crippen LogP contribution in [0.3, 0.4) is 0 Å². The van der Waals surface area contributed by atoms with Gasteiger partial charge in [-0.25, -0.2) is 0 Å². The van der Waals surface area contributed by atoms with Crippen LogP contribution in [0.4, 0.5) is 0 Å². The Morgan fingerprint density at radius 1 is 1.03 bits per heavy atom. The van der Waals surface area contributed by atoms with Gasteiger partial charge >= 0.3 is 0 Å². The van der Waals surface area contributed by atoms with Gasteiger partial charge in [-0.1, -0.05) is 24.3 Å². The third-order valence-electron chi connectivity index (χ3n) is 4.86. The smallest absolute Gasteiger partial charge is 0.267 e. The van der Waals surface area contributed by atoms with Crippen molar-refractivity contribution < 1.29 is 19.1 Å². The summed E-state index contributed by atoms with van der Waals surface area (Å²) in [6.45, 7) is 3.04. The lowest BCUT2D eigenvalue weighted by molar-refractivity contribution is -0.117. The van der Waals surface area contributed by atoms with Gasteiger partial charge < -0.3 is 20.1 Å². The number of thiophene rings is 1. The van der Waals surface area contributed by atoms with Gasteiger partial charge in [-0.3, -0.25) is 9.59 Å². The average Bonchev–Trinajstić information content (AvgIpc) is 3.35. The molecule has 0 aliphatic rings. The fraction of sp³-hybridized carbons (Fsp3) is 0.231. The van der Waals surface area contributed by atoms with Gasteiger partial charge in [0.2, 0.25) is 0 Å². The van der Waals surface area contributed by atoms with Gasteiger partial charge in [0.05, 0.1) is 13.7 Å². The first kappa shape index (κ1) is 24.1. The maximum absolute atomic E-state index is 12.9. The molecule has 172 valence electrons. The minimum atomic E-state index is -0.360. The molecular formula is C26H28N2O4S. The van der Waals surface area contributed by atoms with Crippen molar-refractivity contribution in [2.75, 3.05) is 20.3 Å². The fourth-order valence-corrected chi connectivity index (χ4v) is 3.85. The van der Waals surface area contributed by atoms with Crippen LogP contribution in [0.15, 0.2) is 71.7 Å². The van der Waals surface area contributed by atoms with Crippen molar-refractivity contribution in [2.45, 2.75) is 19.8 Å². The summed E-state index contributed by atoms with van der Waals surface area (Å²) >= 11 is 1.49. The Kier molecular flexibility index (Phi) is 9.08. The summed E-state index contributed by atoms with van der Waals surface area (Å²) in [6, 6.07) is 18.4. The van der Waals surface area contributed by atoms with Crippen molar-refractivity contribution >= 4 is 29.2 Å². The second-order valence-corrected chi connectivity index (χ2v) is 8.14. The molecule has 2 aromatic carbocycles. The van der Waals surface area contributed by atoms with Crippen LogP contribution in [0, 0.1) is 0 Å². The zero-order chi connectivity index (χ0) is 23.5. The van der Waals surface area contributed by atoms with E-state index in [9.17, 15) is 9.59 Å². The Morgan fingerprint density at radius 3 is 2.52 bits per heavy atom. The van der Waals surface area contributed by atoms with Crippen LogP contribution in [0.25, 0.3) is 6.08 Å². The van der Waals surface area contributed by atoms with Crippen molar-refractivity contribution in [3.05, 3.63) is 87.7 Å². The van der Waals surface area contributed by atoms with Crippen LogP contribution < -0.4 is 20.1 Å². The van der Waals surface area contributed by atoms with Gasteiger partial charge in [0.25, 0.3) is 11.8 Å². The number of methoxy groups -OCH3 is 1. The zero-order valence-corrected chi connectivity index (χ0v) is 19.6. The highest BCUT2D eigenvalue weighted by Gasteiger charge is 2.15. The summed E-state index contributed by atoms with van der Waals surface area (Å²) < 4.78 is 10.8. The number of carbonyl (C=O) groups excluding carboxylic acids is 2. The van der Waals surface area contributed by atoms with E-state index >= 15 is 0 Å². The van der Waals surface area contributed by atoms with Crippen molar-refractivity contribution in [1.82, 2.24) is 10.6 Å². The highest BCUT2D eigenvalue weighted by molar-refractivity contribution is 7.10. The van der Waals surface area contributed by atoms with E-state index in [4.69, 9.17) is 9.47 Å². The molecule has 3 aromatic rings. The molecule has 0 saturated carbocycles. The molecular weight excluding hydrogens is 436 g/mol. The molecule has 3 rings (SSSR count). The Morgan fingerprint density at radius 2 is 1.82 bits per heavy atom. The van der Waals surface area contributed by atoms with Gasteiger partial charge in [0.1, 0.15) is 17.2 Å². The standard InChI is InChI=1S/C26H28N2O4S/c1-3-32-24-11-5-4-8-19(24)9-6-16-27-26(30)23(18-22-10-7-17-33-22)28-25(29)20-12-14-21(31-2)15-13-20/h4-5,7-8,10-15,17-18H,3,6,9,16H2,1-2H3,(H,27,30)(H,28,29)/b23-18-. The molecule has 7 heteroatoms. The quantitative estimate of drug-likeness (QED) is 0.319. The van der Waals surface area contributed by atoms with Crippen LogP contribution >= 0.6 is 11.3 Å². The number of aryl methyl sites for hydroxylation is 1. The van der Waals surface area contributed by atoms with Crippen molar-refractivity contribution in [1.29, 1.82) is 0 Å². The lowest BCUT2D eigenvalue weighted by Crippen LogP contribution is -2.35. The largest absolute Gasteiger partial charge is 0.497 e. The fourth-order valence-electron chi connectivity index (χ4n) is 3.19. The number of ether oxygens (including phenoxy) is 2. The second kappa shape index (κ2) is 12.5. The maximum atomic E-state index is 12.9. The third kappa shape index (κ3) is 7.22. The number of para-hydroxylation sites is 1. The molecule has 1 heterocycles. The first-order valence-corrected chi connectivity index (χ1v) is 11.7. The molecule has 0 radical (unpaired) electrons. The third-order valence-corrected chi connectivity index (χ3v) is 5.68. The van der Waals surface area contributed by atoms with E-state index < -0.39 is 0 Å². The van der Waals surface area contributed by atoms with Crippen LogP contribution in [0.1, 0.15) is 34.1 Å². The molecule has 0 saturated heterocycles. The molecule has 0 spiro atoms. The van der Waals surface area contributed by atoms with Crippen LogP contribution in [-0.4, -0.2) is 32.1 Å². The molecule has 0 atom stereocenters. The lowest BCUT2D eigenvalue weighted by atomic mass is 10.1. The minimum Gasteiger partial charge on any atom is -0.497 e. The number of nitrogens with one attached hydrogen (secondary N) is 2. The number of hydrogen-bond donors (Lipinski definition) is 2. The SMILES string of the molecule is CCOc1ccccc1CCCNC(=O)/C(=C/c1cccs1)NC(=O)c1ccc(OC)cc1. The summed E-state index contributed by atoms with van der Waals surface area (Å²) in [5.41, 5.74) is 1.75. The predicted octanol–water partition coefficient (Wildman–Crippen LogP) is 4.68. The number of amides is 2. The first-order valence-electron chi connectivity index (χ1n) is 10.8. The molecule has 2 amide bonds. The predicted molar refractivity (Wildman–Crippen MR) is 132 cm³/mol. The molecule has 1 aromatic heterocycles. The Bertz CT molecular complexity index is 1080. The van der Waals surface area contributed by atoms with Crippen LogP contribution in [0.2, 0.25) is 0 Å². The number of hydrogen-bond acceptors (Lipinski definition) is 5. The summed E-state index contributed by atoms with van der Waals surface area (Å²) in [4.78, 5) is 26.5. The van der Waals surface area contributed by atoms with E-state index in [1.165, 1.54) is 11.3 Å². The van der Waals surface area contributed by atoms with E-state index in [0.717, 1.165) is 29.0 Å². The van der Waals surface area contributed by atoms with Crippen molar-refractivity contribution in [2.24, 2.45) is 0 Å². The van der Waals surface area contributed by atoms with Crippen molar-refractivity contribution in [3.8, 4) is 11.5 Å². The van der Waals surface area contributed by atoms with Gasteiger partial charge in [-0.15, -0.1) is 11.3 Å². The molecule has 0 unspecified atom stereocenters. The average molecular weight is 465 g/mol. The monoisotopic (exact) mass is 464 g/mol. The summed E-state index contributed by atoms with van der Waals surface area (Å²) in [5.74, 6) is 0.838. The number of rotatable bonds is 11. The van der Waals surface area contributed by atoms with E-state index in [0.29, 0.717) is 24.5 Å². The molecule has 2 N–H and O–H groups in total. The van der Waals surface area contributed by atoms with E-state index in [1.54, 1.807) is 37.5 Å². The van der Waals surface area contributed by atoms with E-state index in [1.807, 2.05) is 48.7 Å². The van der Waals surface area contributed by atoms with Gasteiger partial charge in [0.15, 0.2) is 0 Å². The molecule has 0 bridgehead atoms. The highest BCUT2D eigenvalue weighted by atomic mass is 32.1. The Labute approximate surface area is 198 Å². The van der Waals surface area contributed by atoms with Gasteiger partial charge in [0, 0.05) is 17.0 Å². The van der Waals surface area contributed by atoms with Crippen molar-refractivity contribution in [3.63, 3.8) is 0 Å². The Balaban J connectivity index is 1.62. The summed E-state index contributed by atoms with van der Waals surface area (Å²) in [7, 11) is 1.57. The highest BCUT2D eigenvalue weighted by Crippen LogP contribution is 2.19. The second-order valence-electron chi connectivity index (χ2n) is 7.16. The molecule has 33 heavy (non-hydrogen) atoms. The Hall–Kier alpha value is -3.58. The van der Waals surface area contributed by atoms with Crippen LogP contribution in [0.5, 0.6) is 11.5 Å². The summed E-state index contributed by atoms with van der Waals surface area (Å²) in [5, 5.41) is 7.58. The number of benzene rings is 2. The summed E-state index contributed by atoms with van der Waals surface area (Å²) in [6.07, 6.45) is 3.21. The molecule has 6 nitrogen and oxygen atoms in total. The topological polar surface area (TPSA) is 76.7 Å². The normalized spacial score (nSPS) is 11.0.